The smallest absolute Gasteiger partial charge is 0.258 e. The van der Waals surface area contributed by atoms with Crippen LogP contribution in [-0.2, 0) is 0 Å². The van der Waals surface area contributed by atoms with Gasteiger partial charge in [0.2, 0.25) is 5.95 Å². The largest absolute Gasteiger partial charge is 0.368 e. The van der Waals surface area contributed by atoms with Crippen LogP contribution in [0.25, 0.3) is 11.4 Å². The van der Waals surface area contributed by atoms with Gasteiger partial charge in [0.15, 0.2) is 0 Å². The Bertz CT molecular complexity index is 752. The molecule has 0 saturated heterocycles. The predicted octanol–water partition coefficient (Wildman–Crippen LogP) is 1.10. The minimum atomic E-state index is -0.353. The number of carbonyl (C=O) groups excluding carboxylic acids is 1. The monoisotopic (exact) mass is 281 g/mol. The third-order valence-corrected chi connectivity index (χ3v) is 2.74. The lowest BCUT2D eigenvalue weighted by atomic mass is 10.2. The highest BCUT2D eigenvalue weighted by atomic mass is 16.1. The Morgan fingerprint density at radius 2 is 1.95 bits per heavy atom. The molecule has 0 aliphatic carbocycles. The van der Waals surface area contributed by atoms with E-state index in [1.165, 1.54) is 18.6 Å². The summed E-state index contributed by atoms with van der Waals surface area (Å²) in [5.74, 6) is -0.238. The highest BCUT2D eigenvalue weighted by Gasteiger charge is 2.13. The molecule has 0 fully saturated rings. The highest BCUT2D eigenvalue weighted by Crippen LogP contribution is 2.23. The second-order valence-corrected chi connectivity index (χ2v) is 4.16. The SMILES string of the molecule is Nc1ncc(C(=O)Nc2cn[nH]c2-c2ccccn2)cn1. The van der Waals surface area contributed by atoms with E-state index in [4.69, 9.17) is 5.73 Å². The topological polar surface area (TPSA) is 122 Å². The molecule has 0 saturated carbocycles. The first-order valence-electron chi connectivity index (χ1n) is 6.07. The van der Waals surface area contributed by atoms with Gasteiger partial charge in [-0.25, -0.2) is 9.97 Å². The number of aromatic amines is 1. The zero-order chi connectivity index (χ0) is 14.7. The molecule has 0 unspecified atom stereocenters. The first-order valence-corrected chi connectivity index (χ1v) is 6.07. The molecule has 0 aliphatic rings. The van der Waals surface area contributed by atoms with Crippen LogP contribution in [0.3, 0.4) is 0 Å². The molecule has 104 valence electrons. The first-order chi connectivity index (χ1) is 10.2. The molecule has 0 bridgehead atoms. The van der Waals surface area contributed by atoms with Gasteiger partial charge in [-0.15, -0.1) is 0 Å². The molecule has 21 heavy (non-hydrogen) atoms. The third kappa shape index (κ3) is 2.68. The van der Waals surface area contributed by atoms with Crippen molar-refractivity contribution in [2.75, 3.05) is 11.1 Å². The van der Waals surface area contributed by atoms with Crippen LogP contribution in [-0.4, -0.2) is 31.1 Å². The van der Waals surface area contributed by atoms with Crippen molar-refractivity contribution in [3.8, 4) is 11.4 Å². The van der Waals surface area contributed by atoms with Crippen LogP contribution in [0, 0.1) is 0 Å². The molecule has 0 aromatic carbocycles. The summed E-state index contributed by atoms with van der Waals surface area (Å²) in [6.07, 6.45) is 5.89. The molecule has 0 atom stereocenters. The Labute approximate surface area is 119 Å². The maximum Gasteiger partial charge on any atom is 0.258 e. The van der Waals surface area contributed by atoms with E-state index >= 15 is 0 Å². The average molecular weight is 281 g/mol. The molecule has 3 aromatic rings. The van der Waals surface area contributed by atoms with E-state index in [-0.39, 0.29) is 11.9 Å². The Kier molecular flexibility index (Phi) is 3.26. The summed E-state index contributed by atoms with van der Waals surface area (Å²) in [4.78, 5) is 23.9. The van der Waals surface area contributed by atoms with Gasteiger partial charge in [0.25, 0.3) is 5.91 Å². The second-order valence-electron chi connectivity index (χ2n) is 4.16. The summed E-state index contributed by atoms with van der Waals surface area (Å²) >= 11 is 0. The van der Waals surface area contributed by atoms with Crippen molar-refractivity contribution in [1.82, 2.24) is 25.1 Å². The number of H-pyrrole nitrogens is 1. The van der Waals surface area contributed by atoms with Crippen molar-refractivity contribution in [3.05, 3.63) is 48.5 Å². The van der Waals surface area contributed by atoms with Gasteiger partial charge in [0, 0.05) is 18.6 Å². The average Bonchev–Trinajstić information content (AvgIpc) is 2.97. The molecule has 3 rings (SSSR count). The third-order valence-electron chi connectivity index (χ3n) is 2.74. The summed E-state index contributed by atoms with van der Waals surface area (Å²) in [6, 6.07) is 5.47. The number of carbonyl (C=O) groups is 1. The van der Waals surface area contributed by atoms with Crippen molar-refractivity contribution in [3.63, 3.8) is 0 Å². The zero-order valence-corrected chi connectivity index (χ0v) is 10.8. The molecule has 0 spiro atoms. The van der Waals surface area contributed by atoms with Gasteiger partial charge in [-0.3, -0.25) is 14.9 Å². The van der Waals surface area contributed by atoms with E-state index in [0.717, 1.165) is 0 Å². The summed E-state index contributed by atoms with van der Waals surface area (Å²) in [7, 11) is 0. The predicted molar refractivity (Wildman–Crippen MR) is 76.2 cm³/mol. The molecule has 0 aliphatic heterocycles. The quantitative estimate of drug-likeness (QED) is 0.660. The van der Waals surface area contributed by atoms with Gasteiger partial charge < -0.3 is 11.1 Å². The number of nitrogen functional groups attached to an aromatic ring is 1. The standard InChI is InChI=1S/C13H11N7O/c14-13-16-5-8(6-17-13)12(21)19-10-7-18-20-11(10)9-3-1-2-4-15-9/h1-7H,(H,18,20)(H,19,21)(H2,14,16,17). The maximum atomic E-state index is 12.1. The van der Waals surface area contributed by atoms with Gasteiger partial charge >= 0.3 is 0 Å². The van der Waals surface area contributed by atoms with Gasteiger partial charge in [-0.2, -0.15) is 5.10 Å². The van der Waals surface area contributed by atoms with Crippen LogP contribution >= 0.6 is 0 Å². The van der Waals surface area contributed by atoms with Gasteiger partial charge in [-0.05, 0) is 12.1 Å². The molecule has 8 heteroatoms. The molecule has 3 heterocycles. The van der Waals surface area contributed by atoms with E-state index in [1.54, 1.807) is 6.20 Å². The Morgan fingerprint density at radius 3 is 2.67 bits per heavy atom. The van der Waals surface area contributed by atoms with Crippen LogP contribution in [0.2, 0.25) is 0 Å². The normalized spacial score (nSPS) is 10.3. The van der Waals surface area contributed by atoms with Crippen molar-refractivity contribution in [2.45, 2.75) is 0 Å². The van der Waals surface area contributed by atoms with Crippen LogP contribution < -0.4 is 11.1 Å². The lowest BCUT2D eigenvalue weighted by Gasteiger charge is -2.05. The number of nitrogens with one attached hydrogen (secondary N) is 2. The molecule has 0 radical (unpaired) electrons. The fourth-order valence-corrected chi connectivity index (χ4v) is 1.74. The summed E-state index contributed by atoms with van der Waals surface area (Å²) in [5.41, 5.74) is 7.52. The molecule has 8 nitrogen and oxygen atoms in total. The summed E-state index contributed by atoms with van der Waals surface area (Å²) in [5, 5.41) is 9.47. The Hall–Kier alpha value is -3.29. The van der Waals surface area contributed by atoms with Crippen LogP contribution in [0.15, 0.2) is 43.0 Å². The number of anilines is 2. The van der Waals surface area contributed by atoms with Crippen LogP contribution in [0.1, 0.15) is 10.4 Å². The molecule has 3 aromatic heterocycles. The summed E-state index contributed by atoms with van der Waals surface area (Å²) in [6.45, 7) is 0. The number of hydrogen-bond donors (Lipinski definition) is 3. The van der Waals surface area contributed by atoms with Crippen LogP contribution in [0.5, 0.6) is 0 Å². The number of aromatic nitrogens is 5. The van der Waals surface area contributed by atoms with Gasteiger partial charge in [0.05, 0.1) is 23.1 Å². The van der Waals surface area contributed by atoms with E-state index in [0.29, 0.717) is 22.6 Å². The van der Waals surface area contributed by atoms with Gasteiger partial charge in [-0.1, -0.05) is 6.07 Å². The van der Waals surface area contributed by atoms with Crippen molar-refractivity contribution in [1.29, 1.82) is 0 Å². The minimum absolute atomic E-state index is 0.115. The van der Waals surface area contributed by atoms with Crippen molar-refractivity contribution in [2.24, 2.45) is 0 Å². The lowest BCUT2D eigenvalue weighted by molar-refractivity contribution is 0.102. The van der Waals surface area contributed by atoms with E-state index in [9.17, 15) is 4.79 Å². The fourth-order valence-electron chi connectivity index (χ4n) is 1.74. The maximum absolute atomic E-state index is 12.1. The zero-order valence-electron chi connectivity index (χ0n) is 10.8. The number of pyridine rings is 1. The number of rotatable bonds is 3. The molecular weight excluding hydrogens is 270 g/mol. The Balaban J connectivity index is 1.85. The minimum Gasteiger partial charge on any atom is -0.368 e. The molecule has 1 amide bonds. The summed E-state index contributed by atoms with van der Waals surface area (Å²) < 4.78 is 0. The number of hydrogen-bond acceptors (Lipinski definition) is 6. The van der Waals surface area contributed by atoms with Gasteiger partial charge in [0.1, 0.15) is 5.69 Å². The number of nitrogens with zero attached hydrogens (tertiary/aromatic N) is 4. The van der Waals surface area contributed by atoms with E-state index < -0.39 is 0 Å². The van der Waals surface area contributed by atoms with Crippen molar-refractivity contribution < 1.29 is 4.79 Å². The highest BCUT2D eigenvalue weighted by molar-refractivity contribution is 6.05. The first kappa shape index (κ1) is 12.7. The second kappa shape index (κ2) is 5.37. The molecule has 4 N–H and O–H groups in total. The number of nitrogens with two attached hydrogens (primary N) is 1. The molecular formula is C13H11N7O. The fraction of sp³-hybridized carbons (Fsp3) is 0. The lowest BCUT2D eigenvalue weighted by Crippen LogP contribution is -2.13. The van der Waals surface area contributed by atoms with Crippen LogP contribution in [0.4, 0.5) is 11.6 Å². The van der Waals surface area contributed by atoms with E-state index in [1.807, 2.05) is 18.2 Å². The number of amides is 1. The van der Waals surface area contributed by atoms with Crippen molar-refractivity contribution >= 4 is 17.5 Å². The van der Waals surface area contributed by atoms with E-state index in [2.05, 4.69) is 30.5 Å². The Morgan fingerprint density at radius 1 is 1.14 bits per heavy atom.